The van der Waals surface area contributed by atoms with Gasteiger partial charge in [0.2, 0.25) is 0 Å². The van der Waals surface area contributed by atoms with E-state index in [9.17, 15) is 10.1 Å². The van der Waals surface area contributed by atoms with E-state index in [-0.39, 0.29) is 11.4 Å². The molecule has 0 aliphatic rings. The summed E-state index contributed by atoms with van der Waals surface area (Å²) in [4.78, 5) is 13.3. The molecule has 1 heterocycles. The minimum absolute atomic E-state index is 0.162. The number of pyridine rings is 1. The Balaban J connectivity index is 3.23. The summed E-state index contributed by atoms with van der Waals surface area (Å²) < 4.78 is 0. The first kappa shape index (κ1) is 7.46. The van der Waals surface area contributed by atoms with Crippen molar-refractivity contribution in [3.05, 3.63) is 28.1 Å². The van der Waals surface area contributed by atoms with Gasteiger partial charge in [-0.15, -0.1) is 0 Å². The molecule has 0 amide bonds. The maximum atomic E-state index is 10.2. The minimum atomic E-state index is -0.581. The first-order valence-corrected chi connectivity index (χ1v) is 2.91. The van der Waals surface area contributed by atoms with Gasteiger partial charge in [-0.3, -0.25) is 15.1 Å². The fraction of sp³-hybridized carbons (Fsp3) is 0.167. The summed E-state index contributed by atoms with van der Waals surface area (Å²) in [6.07, 6.45) is 1.17. The molecule has 0 bridgehead atoms. The third-order valence-corrected chi connectivity index (χ3v) is 1.24. The molecular weight excluding hydrogens is 148 g/mol. The normalized spacial score (nSPS) is 9.55. The number of nitro groups is 1. The van der Waals surface area contributed by atoms with Crippen molar-refractivity contribution in [2.24, 2.45) is 0 Å². The molecule has 11 heavy (non-hydrogen) atoms. The summed E-state index contributed by atoms with van der Waals surface area (Å²) in [6, 6.07) is 1.07. The molecule has 0 unspecified atom stereocenters. The molecule has 0 saturated carbocycles. The van der Waals surface area contributed by atoms with Crippen LogP contribution in [0.15, 0.2) is 12.3 Å². The van der Waals surface area contributed by atoms with Crippen molar-refractivity contribution in [3.8, 4) is 5.75 Å². The van der Waals surface area contributed by atoms with Crippen LogP contribution in [0.5, 0.6) is 5.75 Å². The van der Waals surface area contributed by atoms with Crippen LogP contribution >= 0.6 is 0 Å². The predicted molar refractivity (Wildman–Crippen MR) is 37.3 cm³/mol. The van der Waals surface area contributed by atoms with Gasteiger partial charge in [0.25, 0.3) is 5.69 Å². The third kappa shape index (κ3) is 1.43. The van der Waals surface area contributed by atoms with Crippen LogP contribution in [0, 0.1) is 17.0 Å². The fourth-order valence-corrected chi connectivity index (χ4v) is 0.696. The molecule has 5 heteroatoms. The van der Waals surface area contributed by atoms with Gasteiger partial charge < -0.3 is 5.11 Å². The zero-order chi connectivity index (χ0) is 8.43. The van der Waals surface area contributed by atoms with Gasteiger partial charge in [0.15, 0.2) is 0 Å². The monoisotopic (exact) mass is 154 g/mol. The highest BCUT2D eigenvalue weighted by atomic mass is 16.6. The molecule has 1 N–H and O–H groups in total. The van der Waals surface area contributed by atoms with E-state index in [0.717, 1.165) is 6.07 Å². The van der Waals surface area contributed by atoms with Crippen molar-refractivity contribution in [3.63, 3.8) is 0 Å². The number of hydrogen-bond acceptors (Lipinski definition) is 4. The lowest BCUT2D eigenvalue weighted by atomic mass is 10.3. The topological polar surface area (TPSA) is 76.3 Å². The Morgan fingerprint density at radius 2 is 2.36 bits per heavy atom. The van der Waals surface area contributed by atoms with Gasteiger partial charge in [-0.25, -0.2) is 0 Å². The minimum Gasteiger partial charge on any atom is -0.506 e. The quantitative estimate of drug-likeness (QED) is 0.483. The van der Waals surface area contributed by atoms with Crippen LogP contribution in [0.2, 0.25) is 0 Å². The average Bonchev–Trinajstić information content (AvgIpc) is 1.94. The zero-order valence-corrected chi connectivity index (χ0v) is 5.81. The van der Waals surface area contributed by atoms with Crippen LogP contribution in [-0.2, 0) is 0 Å². The summed E-state index contributed by atoms with van der Waals surface area (Å²) in [5.74, 6) is -0.192. The maximum absolute atomic E-state index is 10.2. The van der Waals surface area contributed by atoms with E-state index in [1.165, 1.54) is 13.1 Å². The highest BCUT2D eigenvalue weighted by molar-refractivity contribution is 5.39. The van der Waals surface area contributed by atoms with Crippen LogP contribution in [-0.4, -0.2) is 15.0 Å². The number of rotatable bonds is 1. The van der Waals surface area contributed by atoms with Gasteiger partial charge in [0.1, 0.15) is 11.4 Å². The Labute approximate surface area is 62.5 Å². The third-order valence-electron chi connectivity index (χ3n) is 1.24. The Morgan fingerprint density at radius 3 is 2.82 bits per heavy atom. The molecule has 0 aliphatic heterocycles. The molecule has 0 aliphatic carbocycles. The van der Waals surface area contributed by atoms with Gasteiger partial charge in [-0.1, -0.05) is 0 Å². The van der Waals surface area contributed by atoms with E-state index in [2.05, 4.69) is 4.98 Å². The molecule has 0 spiro atoms. The van der Waals surface area contributed by atoms with Crippen molar-refractivity contribution in [2.75, 3.05) is 0 Å². The van der Waals surface area contributed by atoms with E-state index in [0.29, 0.717) is 5.69 Å². The number of aromatic nitrogens is 1. The van der Waals surface area contributed by atoms with E-state index in [1.807, 2.05) is 0 Å². The Kier molecular flexibility index (Phi) is 1.72. The highest BCUT2D eigenvalue weighted by Crippen LogP contribution is 2.19. The molecule has 1 rings (SSSR count). The molecule has 0 aromatic carbocycles. The zero-order valence-electron chi connectivity index (χ0n) is 5.81. The van der Waals surface area contributed by atoms with E-state index >= 15 is 0 Å². The Bertz CT molecular complexity index is 298. The van der Waals surface area contributed by atoms with Gasteiger partial charge in [-0.2, -0.15) is 0 Å². The smallest absolute Gasteiger partial charge is 0.294 e. The fourth-order valence-electron chi connectivity index (χ4n) is 0.696. The summed E-state index contributed by atoms with van der Waals surface area (Å²) in [7, 11) is 0. The van der Waals surface area contributed by atoms with Crippen LogP contribution < -0.4 is 0 Å². The first-order valence-electron chi connectivity index (χ1n) is 2.91. The molecule has 1 aromatic rings. The molecule has 5 nitrogen and oxygen atoms in total. The highest BCUT2D eigenvalue weighted by Gasteiger charge is 2.11. The van der Waals surface area contributed by atoms with E-state index in [4.69, 9.17) is 5.11 Å². The van der Waals surface area contributed by atoms with Crippen molar-refractivity contribution in [1.82, 2.24) is 4.98 Å². The molecule has 0 radical (unpaired) electrons. The predicted octanol–water partition coefficient (Wildman–Crippen LogP) is 1.00. The van der Waals surface area contributed by atoms with Crippen molar-refractivity contribution in [2.45, 2.75) is 6.92 Å². The summed E-state index contributed by atoms with van der Waals surface area (Å²) in [6.45, 7) is 1.51. The summed E-state index contributed by atoms with van der Waals surface area (Å²) >= 11 is 0. The number of nitrogens with zero attached hydrogens (tertiary/aromatic N) is 2. The van der Waals surface area contributed by atoms with E-state index < -0.39 is 4.92 Å². The van der Waals surface area contributed by atoms with Crippen LogP contribution in [0.3, 0.4) is 0 Å². The Hall–Kier alpha value is -1.65. The van der Waals surface area contributed by atoms with E-state index in [1.54, 1.807) is 0 Å². The van der Waals surface area contributed by atoms with Gasteiger partial charge in [0, 0.05) is 0 Å². The van der Waals surface area contributed by atoms with Crippen LogP contribution in [0.4, 0.5) is 5.69 Å². The second-order valence-corrected chi connectivity index (χ2v) is 2.06. The number of aromatic hydroxyl groups is 1. The SMILES string of the molecule is Cc1ncc(O)cc1[N+](=O)[O-]. The molecule has 1 aromatic heterocycles. The maximum Gasteiger partial charge on any atom is 0.294 e. The van der Waals surface area contributed by atoms with Crippen molar-refractivity contribution < 1.29 is 10.0 Å². The standard InChI is InChI=1S/C6H6N2O3/c1-4-6(8(10)11)2-5(9)3-7-4/h2-3,9H,1H3. The lowest BCUT2D eigenvalue weighted by Gasteiger charge is -1.94. The molecule has 0 saturated heterocycles. The largest absolute Gasteiger partial charge is 0.506 e. The van der Waals surface area contributed by atoms with Gasteiger partial charge in [-0.05, 0) is 6.92 Å². The van der Waals surface area contributed by atoms with Gasteiger partial charge >= 0.3 is 0 Å². The van der Waals surface area contributed by atoms with Crippen molar-refractivity contribution >= 4 is 5.69 Å². The second-order valence-electron chi connectivity index (χ2n) is 2.06. The number of hydrogen-bond donors (Lipinski definition) is 1. The van der Waals surface area contributed by atoms with Crippen LogP contribution in [0.1, 0.15) is 5.69 Å². The molecule has 0 fully saturated rings. The second kappa shape index (κ2) is 2.53. The first-order chi connectivity index (χ1) is 5.11. The molecule has 0 atom stereocenters. The molecule has 58 valence electrons. The average molecular weight is 154 g/mol. The lowest BCUT2D eigenvalue weighted by molar-refractivity contribution is -0.385. The van der Waals surface area contributed by atoms with Gasteiger partial charge in [0.05, 0.1) is 17.2 Å². The van der Waals surface area contributed by atoms with Crippen molar-refractivity contribution in [1.29, 1.82) is 0 Å². The lowest BCUT2D eigenvalue weighted by Crippen LogP contribution is -1.92. The summed E-state index contributed by atoms with van der Waals surface area (Å²) in [5.41, 5.74) is 0.137. The summed E-state index contributed by atoms with van der Waals surface area (Å²) in [5, 5.41) is 19.0. The molecular formula is C6H6N2O3. The number of aryl methyl sites for hydroxylation is 1. The van der Waals surface area contributed by atoms with Crippen LogP contribution in [0.25, 0.3) is 0 Å². The Morgan fingerprint density at radius 1 is 1.73 bits per heavy atom.